The molecule has 1 aliphatic carbocycles. The molecule has 4 aromatic carbocycles. The maximum atomic E-state index is 12.9. The summed E-state index contributed by atoms with van der Waals surface area (Å²) in [7, 11) is -4.51. The summed E-state index contributed by atoms with van der Waals surface area (Å²) in [5.74, 6) is 1.47. The van der Waals surface area contributed by atoms with Gasteiger partial charge in [-0.1, -0.05) is 63.3 Å². The number of ether oxygens (including phenoxy) is 1. The normalized spacial score (nSPS) is 16.6. The van der Waals surface area contributed by atoms with Gasteiger partial charge in [-0.05, 0) is 147 Å². The molecule has 0 bridgehead atoms. The molecular weight excluding hydrogens is 1270 g/mol. The number of nitrogens with one attached hydrogen (secondary N) is 1. The van der Waals surface area contributed by atoms with Crippen molar-refractivity contribution in [1.82, 2.24) is 10.2 Å². The molecule has 2 amide bonds. The summed E-state index contributed by atoms with van der Waals surface area (Å²) in [6, 6.07) is 26.1. The summed E-state index contributed by atoms with van der Waals surface area (Å²) >= 11 is 2.60. The zero-order valence-electron chi connectivity index (χ0n) is 52.7. The van der Waals surface area contributed by atoms with Crippen LogP contribution in [0.5, 0.6) is 5.75 Å². The molecular formula is C62H72N5Na4O15S4+. The Morgan fingerprint density at radius 2 is 1.48 bits per heavy atom. The number of hydrogen-bond donors (Lipinski definition) is 1. The van der Waals surface area contributed by atoms with E-state index in [1.54, 1.807) is 35.2 Å². The smallest absolute Gasteiger partial charge is 0.748 e. The van der Waals surface area contributed by atoms with E-state index in [-0.39, 0.29) is 143 Å². The van der Waals surface area contributed by atoms with Gasteiger partial charge in [-0.15, -0.1) is 0 Å². The molecule has 0 unspecified atom stereocenters. The summed E-state index contributed by atoms with van der Waals surface area (Å²) in [4.78, 5) is 31.8. The Kier molecular flexibility index (Phi) is 35.3. The Bertz CT molecular complexity index is 3360. The third kappa shape index (κ3) is 21.9. The first-order chi connectivity index (χ1) is 41.4. The van der Waals surface area contributed by atoms with Gasteiger partial charge in [-0.3, -0.25) is 24.7 Å². The van der Waals surface area contributed by atoms with E-state index < -0.39 is 26.7 Å². The van der Waals surface area contributed by atoms with Gasteiger partial charge >= 0.3 is 118 Å². The number of unbranched alkanes of at least 4 members (excludes halogenated alkanes) is 2. The van der Waals surface area contributed by atoms with Crippen LogP contribution >= 0.6 is 36.1 Å². The quantitative estimate of drug-likeness (QED) is 0.00931. The third-order valence-corrected chi connectivity index (χ3v) is 18.4. The van der Waals surface area contributed by atoms with E-state index in [2.05, 4.69) is 149 Å². The second kappa shape index (κ2) is 39.4. The van der Waals surface area contributed by atoms with Crippen LogP contribution in [0.2, 0.25) is 0 Å². The Labute approximate surface area is 629 Å². The molecule has 0 saturated carbocycles. The van der Waals surface area contributed by atoms with Gasteiger partial charge in [0.15, 0.2) is 5.71 Å². The number of carbonyl (C=O) groups excluding carboxylic acids is 2. The monoisotopic (exact) mass is 1350 g/mol. The van der Waals surface area contributed by atoms with Gasteiger partial charge in [0, 0.05) is 144 Å². The molecule has 3 aliphatic heterocycles. The predicted octanol–water partition coefficient (Wildman–Crippen LogP) is -3.00. The number of nitrogens with zero attached hydrogens (tertiary/aromatic N) is 4. The number of benzene rings is 4. The first kappa shape index (κ1) is 80.6. The van der Waals surface area contributed by atoms with Gasteiger partial charge in [-0.2, -0.15) is 17.6 Å². The van der Waals surface area contributed by atoms with Gasteiger partial charge in [-0.25, -0.2) is 8.42 Å². The molecule has 4 aliphatic rings. The van der Waals surface area contributed by atoms with Crippen molar-refractivity contribution >= 4 is 91.6 Å². The molecule has 28 heteroatoms. The van der Waals surface area contributed by atoms with Crippen LogP contribution in [0.3, 0.4) is 0 Å². The van der Waals surface area contributed by atoms with Crippen LogP contribution in [0, 0.1) is 0 Å². The van der Waals surface area contributed by atoms with Gasteiger partial charge in [0.1, 0.15) is 18.1 Å². The average molecular weight is 1350 g/mol. The minimum absolute atomic E-state index is 0. The van der Waals surface area contributed by atoms with Crippen LogP contribution < -0.4 is 154 Å². The van der Waals surface area contributed by atoms with Crippen LogP contribution in [-0.4, -0.2) is 96.5 Å². The molecule has 462 valence electrons. The molecule has 20 nitrogen and oxygen atoms in total. The summed E-state index contributed by atoms with van der Waals surface area (Å²) < 4.78 is 58.6. The van der Waals surface area contributed by atoms with Crippen LogP contribution in [-0.2, 0) is 58.7 Å². The van der Waals surface area contributed by atoms with Crippen molar-refractivity contribution in [2.75, 3.05) is 66.3 Å². The molecule has 0 radical (unpaired) electrons. The molecule has 0 aromatic heterocycles. The van der Waals surface area contributed by atoms with Crippen molar-refractivity contribution in [3.05, 3.63) is 161 Å². The summed E-state index contributed by atoms with van der Waals surface area (Å²) in [6.45, 7) is 15.5. The van der Waals surface area contributed by atoms with Crippen molar-refractivity contribution in [2.45, 2.75) is 108 Å². The Morgan fingerprint density at radius 3 is 2.14 bits per heavy atom. The second-order valence-electron chi connectivity index (χ2n) is 22.1. The molecule has 0 fully saturated rings. The maximum absolute atomic E-state index is 12.9. The van der Waals surface area contributed by atoms with E-state index in [1.807, 2.05) is 12.1 Å². The molecule has 4 aromatic rings. The van der Waals surface area contributed by atoms with Gasteiger partial charge < -0.3 is 45.1 Å². The summed E-state index contributed by atoms with van der Waals surface area (Å²) in [6.07, 6.45) is 18.0. The summed E-state index contributed by atoms with van der Waals surface area (Å²) in [5, 5.41) is 47.5. The van der Waals surface area contributed by atoms with Crippen molar-refractivity contribution in [1.29, 1.82) is 0 Å². The minimum atomic E-state index is -4.51. The van der Waals surface area contributed by atoms with Gasteiger partial charge in [0.2, 0.25) is 11.6 Å². The van der Waals surface area contributed by atoms with Crippen LogP contribution in [0.25, 0.3) is 10.8 Å². The standard InChI is InChI=1S/C62H75N5O15S4.4Na/c1-44-20-33-58(69)65(44)39-34-63-57(68)19-7-6-10-37-67-54-29-21-45-15-8-9-18-51(45)59(54)62(4,5)56(67)32-23-47-17-11-16-46(60(47)76-49-25-27-50(28-26-49)85-82-79-72)22-31-55-61(2,3)52-43-48(24-30-53(52)66(55)38-14-42-86(73,74)75)64(35-12-40-83-80-77-70)36-13-41-84-81-78-71;;;;/h8-9,15,18,20-33,43H,1,6-7,10-14,16-17,19,34-42H2,2-5H3,(H4-,63,68,70,71,72,73,74,75);;;;/q;4*+1/p-3. The number of carbonyl (C=O) groups is 2. The maximum Gasteiger partial charge on any atom is 1.00 e. The van der Waals surface area contributed by atoms with Crippen LogP contribution in [0.4, 0.5) is 17.1 Å². The zero-order valence-corrected chi connectivity index (χ0v) is 63.9. The van der Waals surface area contributed by atoms with Crippen LogP contribution in [0.1, 0.15) is 103 Å². The van der Waals surface area contributed by atoms with E-state index in [0.717, 1.165) is 106 Å². The predicted molar refractivity (Wildman–Crippen MR) is 326 cm³/mol. The first-order valence-electron chi connectivity index (χ1n) is 28.6. The topological polar surface area (TPSA) is 250 Å². The van der Waals surface area contributed by atoms with Crippen molar-refractivity contribution in [3.8, 4) is 5.75 Å². The molecule has 0 atom stereocenters. The van der Waals surface area contributed by atoms with Gasteiger partial charge in [0.05, 0.1) is 27.6 Å². The second-order valence-corrected chi connectivity index (χ2v) is 26.0. The number of hydrogen-bond acceptors (Lipinski definition) is 20. The fourth-order valence-electron chi connectivity index (χ4n) is 11.7. The van der Waals surface area contributed by atoms with Gasteiger partial charge in [0.25, 0.3) is 5.91 Å². The number of anilines is 2. The Hall–Kier alpha value is -1.81. The number of fused-ring (bicyclic) bond motifs is 4. The van der Waals surface area contributed by atoms with E-state index >= 15 is 0 Å². The molecule has 8 rings (SSSR count). The van der Waals surface area contributed by atoms with E-state index in [0.29, 0.717) is 105 Å². The fraction of sp³-hybridized carbons (Fsp3) is 0.403. The number of rotatable bonds is 34. The largest absolute Gasteiger partial charge is 1.00 e. The molecule has 0 spiro atoms. The SMILES string of the molecule is C=C1C=CC(=O)N1CCNC(=O)CCCCCN1/C(=C/C=C2\CCCC(/C=C/C3=[N+](CCCS(=O)(=O)[O-])c4ccc(N(CCCSOO[O-])CCCSOO[O-])cc4C3(C)C)=C2Oc2ccc(SOO[O-])cc2)C(C)(C)c2c1ccc1ccccc21.[Na+].[Na+].[Na+].[Na+]. The molecule has 0 saturated heterocycles. The molecule has 3 heterocycles. The minimum Gasteiger partial charge on any atom is -0.748 e. The van der Waals surface area contributed by atoms with Crippen LogP contribution in [0.15, 0.2) is 155 Å². The van der Waals surface area contributed by atoms with Crippen molar-refractivity contribution in [2.24, 2.45) is 0 Å². The first-order valence-corrected chi connectivity index (χ1v) is 32.7. The van der Waals surface area contributed by atoms with E-state index in [1.165, 1.54) is 17.0 Å². The molecule has 1 N–H and O–H groups in total. The van der Waals surface area contributed by atoms with Crippen molar-refractivity contribution < 1.29 is 194 Å². The van der Waals surface area contributed by atoms with E-state index in [9.17, 15) is 38.3 Å². The Morgan fingerprint density at radius 1 is 0.778 bits per heavy atom. The zero-order chi connectivity index (χ0) is 61.3. The Balaban J connectivity index is 0.00000432. The molecule has 90 heavy (non-hydrogen) atoms. The third-order valence-electron chi connectivity index (χ3n) is 15.8. The fourth-order valence-corrected chi connectivity index (χ4v) is 13.2. The average Bonchev–Trinajstić information content (AvgIpc) is 1.59. The van der Waals surface area contributed by atoms with E-state index in [4.69, 9.17) is 4.74 Å². The number of amides is 2. The summed E-state index contributed by atoms with van der Waals surface area (Å²) in [5.41, 5.74) is 8.61. The van der Waals surface area contributed by atoms with Crippen molar-refractivity contribution in [3.63, 3.8) is 0 Å². The number of allylic oxidation sites excluding steroid dienone is 8.